The number of amides is 1. The summed E-state index contributed by atoms with van der Waals surface area (Å²) in [6.07, 6.45) is 4.26. The SMILES string of the molecule is CC(=O)NCC1(F)CCN(c2ncnc3c2ccn3C)CC1. The van der Waals surface area contributed by atoms with Crippen molar-refractivity contribution in [3.63, 3.8) is 0 Å². The molecule has 1 N–H and O–H groups in total. The minimum absolute atomic E-state index is 0.0840. The molecule has 2 aromatic heterocycles. The molecule has 1 aliphatic heterocycles. The van der Waals surface area contributed by atoms with Gasteiger partial charge in [-0.1, -0.05) is 0 Å². The van der Waals surface area contributed by atoms with Crippen LogP contribution in [-0.2, 0) is 11.8 Å². The lowest BCUT2D eigenvalue weighted by Gasteiger charge is -2.37. The van der Waals surface area contributed by atoms with Gasteiger partial charge in [0, 0.05) is 46.1 Å². The second-order valence-electron chi connectivity index (χ2n) is 5.91. The largest absolute Gasteiger partial charge is 0.356 e. The number of hydrogen-bond donors (Lipinski definition) is 1. The van der Waals surface area contributed by atoms with Crippen LogP contribution in [0, 0.1) is 0 Å². The van der Waals surface area contributed by atoms with E-state index in [1.54, 1.807) is 6.33 Å². The molecule has 0 saturated carbocycles. The lowest BCUT2D eigenvalue weighted by Crippen LogP contribution is -2.48. The van der Waals surface area contributed by atoms with Crippen LogP contribution in [0.2, 0.25) is 0 Å². The van der Waals surface area contributed by atoms with E-state index in [0.717, 1.165) is 16.9 Å². The Balaban J connectivity index is 1.74. The highest BCUT2D eigenvalue weighted by atomic mass is 19.1. The molecule has 1 fully saturated rings. The standard InChI is InChI=1S/C15H20FN5O/c1-11(22)17-9-15(16)4-7-21(8-5-15)14-12-3-6-20(2)13(12)18-10-19-14/h3,6,10H,4-5,7-9H2,1-2H3,(H,17,22). The van der Waals surface area contributed by atoms with Gasteiger partial charge in [0.2, 0.25) is 5.91 Å². The van der Waals surface area contributed by atoms with Crippen LogP contribution in [0.25, 0.3) is 11.0 Å². The monoisotopic (exact) mass is 305 g/mol. The number of piperidine rings is 1. The zero-order valence-corrected chi connectivity index (χ0v) is 12.8. The van der Waals surface area contributed by atoms with Gasteiger partial charge < -0.3 is 14.8 Å². The maximum atomic E-state index is 14.7. The number of aromatic nitrogens is 3. The highest BCUT2D eigenvalue weighted by Gasteiger charge is 2.35. The number of halogens is 1. The van der Waals surface area contributed by atoms with Crippen molar-refractivity contribution in [1.29, 1.82) is 0 Å². The van der Waals surface area contributed by atoms with Crippen LogP contribution < -0.4 is 10.2 Å². The molecule has 0 radical (unpaired) electrons. The van der Waals surface area contributed by atoms with Gasteiger partial charge in [-0.15, -0.1) is 0 Å². The van der Waals surface area contributed by atoms with Crippen molar-refractivity contribution in [1.82, 2.24) is 19.9 Å². The molecular weight excluding hydrogens is 285 g/mol. The van der Waals surface area contributed by atoms with E-state index in [1.807, 2.05) is 23.9 Å². The number of carbonyl (C=O) groups excluding carboxylic acids is 1. The van der Waals surface area contributed by atoms with Crippen molar-refractivity contribution in [3.05, 3.63) is 18.6 Å². The first-order valence-electron chi connectivity index (χ1n) is 7.43. The average Bonchev–Trinajstić information content (AvgIpc) is 2.88. The van der Waals surface area contributed by atoms with Crippen molar-refractivity contribution < 1.29 is 9.18 Å². The van der Waals surface area contributed by atoms with Crippen LogP contribution in [-0.4, -0.2) is 45.7 Å². The Kier molecular flexibility index (Phi) is 3.72. The summed E-state index contributed by atoms with van der Waals surface area (Å²) in [4.78, 5) is 21.7. The maximum Gasteiger partial charge on any atom is 0.216 e. The van der Waals surface area contributed by atoms with Crippen LogP contribution in [0.4, 0.5) is 10.2 Å². The third-order valence-electron chi connectivity index (χ3n) is 4.25. The number of nitrogens with one attached hydrogen (secondary N) is 1. The first-order chi connectivity index (χ1) is 10.5. The van der Waals surface area contributed by atoms with Gasteiger partial charge in [0.15, 0.2) is 0 Å². The summed E-state index contributed by atoms with van der Waals surface area (Å²) in [7, 11) is 1.94. The Morgan fingerprint density at radius 3 is 2.82 bits per heavy atom. The number of rotatable bonds is 3. The third-order valence-corrected chi connectivity index (χ3v) is 4.25. The Hall–Kier alpha value is -2.18. The van der Waals surface area contributed by atoms with Gasteiger partial charge in [0.05, 0.1) is 11.9 Å². The average molecular weight is 305 g/mol. The topological polar surface area (TPSA) is 63.1 Å². The first kappa shape index (κ1) is 14.7. The first-order valence-corrected chi connectivity index (χ1v) is 7.43. The van der Waals surface area contributed by atoms with E-state index in [4.69, 9.17) is 0 Å². The van der Waals surface area contributed by atoms with Gasteiger partial charge >= 0.3 is 0 Å². The normalized spacial score (nSPS) is 17.7. The number of aryl methyl sites for hydroxylation is 1. The van der Waals surface area contributed by atoms with Gasteiger partial charge in [-0.3, -0.25) is 4.79 Å². The molecule has 0 aromatic carbocycles. The predicted octanol–water partition coefficient (Wildman–Crippen LogP) is 1.41. The molecule has 22 heavy (non-hydrogen) atoms. The maximum absolute atomic E-state index is 14.7. The van der Waals surface area contributed by atoms with Crippen LogP contribution >= 0.6 is 0 Å². The van der Waals surface area contributed by atoms with Crippen molar-refractivity contribution in [2.24, 2.45) is 7.05 Å². The van der Waals surface area contributed by atoms with Gasteiger partial charge in [0.25, 0.3) is 0 Å². The smallest absolute Gasteiger partial charge is 0.216 e. The van der Waals surface area contributed by atoms with Crippen LogP contribution in [0.3, 0.4) is 0 Å². The fourth-order valence-corrected chi connectivity index (χ4v) is 2.90. The zero-order valence-electron chi connectivity index (χ0n) is 12.8. The molecule has 2 aromatic rings. The predicted molar refractivity (Wildman–Crippen MR) is 82.5 cm³/mol. The van der Waals surface area contributed by atoms with Gasteiger partial charge in [-0.05, 0) is 6.07 Å². The summed E-state index contributed by atoms with van der Waals surface area (Å²) in [5.41, 5.74) is -0.453. The highest BCUT2D eigenvalue weighted by molar-refractivity contribution is 5.87. The summed E-state index contributed by atoms with van der Waals surface area (Å²) < 4.78 is 16.6. The van der Waals surface area contributed by atoms with Gasteiger partial charge in [0.1, 0.15) is 23.5 Å². The molecule has 6 nitrogen and oxygen atoms in total. The number of carbonyl (C=O) groups is 1. The second-order valence-corrected chi connectivity index (χ2v) is 5.91. The summed E-state index contributed by atoms with van der Waals surface area (Å²) in [5.74, 6) is 0.661. The molecule has 0 aliphatic carbocycles. The molecule has 1 aliphatic rings. The molecular formula is C15H20FN5O. The van der Waals surface area contributed by atoms with Crippen molar-refractivity contribution in [2.75, 3.05) is 24.5 Å². The minimum Gasteiger partial charge on any atom is -0.356 e. The lowest BCUT2D eigenvalue weighted by molar-refractivity contribution is -0.119. The summed E-state index contributed by atoms with van der Waals surface area (Å²) in [5, 5.41) is 3.57. The van der Waals surface area contributed by atoms with Crippen molar-refractivity contribution in [2.45, 2.75) is 25.4 Å². The zero-order chi connectivity index (χ0) is 15.7. The molecule has 0 bridgehead atoms. The van der Waals surface area contributed by atoms with E-state index < -0.39 is 5.67 Å². The molecule has 3 rings (SSSR count). The van der Waals surface area contributed by atoms with E-state index in [0.29, 0.717) is 25.9 Å². The third kappa shape index (κ3) is 2.75. The lowest BCUT2D eigenvalue weighted by atomic mass is 9.93. The molecule has 0 unspecified atom stereocenters. The van der Waals surface area contributed by atoms with Crippen LogP contribution in [0.1, 0.15) is 19.8 Å². The number of alkyl halides is 1. The Morgan fingerprint density at radius 1 is 1.41 bits per heavy atom. The van der Waals surface area contributed by atoms with E-state index in [9.17, 15) is 9.18 Å². The number of fused-ring (bicyclic) bond motifs is 1. The van der Waals surface area contributed by atoms with E-state index >= 15 is 0 Å². The Morgan fingerprint density at radius 2 is 2.14 bits per heavy atom. The Bertz CT molecular complexity index is 690. The number of anilines is 1. The van der Waals surface area contributed by atoms with E-state index in [-0.39, 0.29) is 12.5 Å². The second kappa shape index (κ2) is 5.55. The van der Waals surface area contributed by atoms with Gasteiger partial charge in [-0.25, -0.2) is 14.4 Å². The highest BCUT2D eigenvalue weighted by Crippen LogP contribution is 2.31. The van der Waals surface area contributed by atoms with Crippen LogP contribution in [0.15, 0.2) is 18.6 Å². The van der Waals surface area contributed by atoms with E-state index in [2.05, 4.69) is 20.2 Å². The molecule has 3 heterocycles. The number of nitrogens with zero attached hydrogens (tertiary/aromatic N) is 4. The van der Waals surface area contributed by atoms with Gasteiger partial charge in [-0.2, -0.15) is 0 Å². The van der Waals surface area contributed by atoms with Crippen LogP contribution in [0.5, 0.6) is 0 Å². The molecule has 7 heteroatoms. The van der Waals surface area contributed by atoms with Crippen molar-refractivity contribution in [3.8, 4) is 0 Å². The Labute approximate surface area is 128 Å². The summed E-state index contributed by atoms with van der Waals surface area (Å²) in [6.45, 7) is 2.65. The number of hydrogen-bond acceptors (Lipinski definition) is 4. The molecule has 0 atom stereocenters. The van der Waals surface area contributed by atoms with Crippen molar-refractivity contribution >= 4 is 22.8 Å². The molecule has 1 saturated heterocycles. The fourth-order valence-electron chi connectivity index (χ4n) is 2.90. The fraction of sp³-hybridized carbons (Fsp3) is 0.533. The van der Waals surface area contributed by atoms with E-state index in [1.165, 1.54) is 6.92 Å². The molecule has 1 amide bonds. The summed E-state index contributed by atoms with van der Waals surface area (Å²) >= 11 is 0. The molecule has 0 spiro atoms. The minimum atomic E-state index is -1.33. The molecule has 118 valence electrons. The summed E-state index contributed by atoms with van der Waals surface area (Å²) in [6, 6.07) is 1.99. The quantitative estimate of drug-likeness (QED) is 0.931.